The number of hydrogen-bond donors (Lipinski definition) is 1. The second kappa shape index (κ2) is 8.91. The van der Waals surface area contributed by atoms with Crippen molar-refractivity contribution in [2.75, 3.05) is 40.0 Å². The highest BCUT2D eigenvalue weighted by Gasteiger charge is 2.17. The molecule has 0 aliphatic heterocycles. The van der Waals surface area contributed by atoms with Crippen molar-refractivity contribution in [3.8, 4) is 5.75 Å². The van der Waals surface area contributed by atoms with Crippen molar-refractivity contribution in [1.82, 2.24) is 4.90 Å². The quantitative estimate of drug-likeness (QED) is 0.695. The van der Waals surface area contributed by atoms with Crippen LogP contribution in [0.2, 0.25) is 0 Å². The zero-order valence-corrected chi connectivity index (χ0v) is 12.3. The van der Waals surface area contributed by atoms with Crippen LogP contribution in [-0.4, -0.2) is 44.9 Å². The molecule has 1 unspecified atom stereocenters. The van der Waals surface area contributed by atoms with E-state index in [9.17, 15) is 0 Å². The van der Waals surface area contributed by atoms with Gasteiger partial charge in [0.05, 0.1) is 13.7 Å². The largest absolute Gasteiger partial charge is 0.497 e. The van der Waals surface area contributed by atoms with E-state index in [0.717, 1.165) is 32.1 Å². The summed E-state index contributed by atoms with van der Waals surface area (Å²) in [5, 5.41) is 0. The molecule has 19 heavy (non-hydrogen) atoms. The van der Waals surface area contributed by atoms with Crippen LogP contribution in [0, 0.1) is 0 Å². The molecular weight excluding hydrogens is 240 g/mol. The molecule has 4 nitrogen and oxygen atoms in total. The molecule has 1 rings (SSSR count). The van der Waals surface area contributed by atoms with E-state index in [1.165, 1.54) is 5.56 Å². The molecule has 0 aromatic heterocycles. The fourth-order valence-electron chi connectivity index (χ4n) is 2.18. The highest BCUT2D eigenvalue weighted by Crippen LogP contribution is 2.22. The van der Waals surface area contributed by atoms with Gasteiger partial charge in [0.25, 0.3) is 0 Å². The van der Waals surface area contributed by atoms with Crippen molar-refractivity contribution in [2.24, 2.45) is 5.73 Å². The minimum atomic E-state index is 0.233. The molecular formula is C15H26N2O2. The van der Waals surface area contributed by atoms with Crippen molar-refractivity contribution < 1.29 is 9.47 Å². The van der Waals surface area contributed by atoms with E-state index in [4.69, 9.17) is 15.2 Å². The summed E-state index contributed by atoms with van der Waals surface area (Å²) in [6, 6.07) is 8.36. The predicted molar refractivity (Wildman–Crippen MR) is 78.5 cm³/mol. The highest BCUT2D eigenvalue weighted by molar-refractivity contribution is 5.29. The molecule has 2 N–H and O–H groups in total. The fraction of sp³-hybridized carbons (Fsp3) is 0.600. The number of rotatable bonds is 9. The molecule has 4 heteroatoms. The summed E-state index contributed by atoms with van der Waals surface area (Å²) in [6.07, 6.45) is 0. The Labute approximate surface area is 116 Å². The van der Waals surface area contributed by atoms with Gasteiger partial charge in [0, 0.05) is 25.7 Å². The Hall–Kier alpha value is -1.10. The molecule has 1 atom stereocenters. The molecule has 0 heterocycles. The third-order valence-corrected chi connectivity index (χ3v) is 3.30. The van der Waals surface area contributed by atoms with Gasteiger partial charge < -0.3 is 15.2 Å². The Bertz CT molecular complexity index is 341. The van der Waals surface area contributed by atoms with E-state index in [2.05, 4.69) is 24.0 Å². The normalized spacial score (nSPS) is 12.7. The van der Waals surface area contributed by atoms with Crippen LogP contribution in [0.3, 0.4) is 0 Å². The molecule has 0 saturated heterocycles. The van der Waals surface area contributed by atoms with Gasteiger partial charge in [-0.25, -0.2) is 0 Å². The second-order valence-electron chi connectivity index (χ2n) is 4.35. The molecule has 108 valence electrons. The molecule has 0 radical (unpaired) electrons. The summed E-state index contributed by atoms with van der Waals surface area (Å²) in [7, 11) is 1.68. The average Bonchev–Trinajstić information content (AvgIpc) is 2.47. The van der Waals surface area contributed by atoms with Crippen molar-refractivity contribution in [3.05, 3.63) is 29.8 Å². The lowest BCUT2D eigenvalue weighted by molar-refractivity contribution is 0.0980. The Morgan fingerprint density at radius 1 is 1.21 bits per heavy atom. The van der Waals surface area contributed by atoms with Crippen LogP contribution in [0.4, 0.5) is 0 Å². The summed E-state index contributed by atoms with van der Waals surface area (Å²) >= 11 is 0. The van der Waals surface area contributed by atoms with Crippen molar-refractivity contribution >= 4 is 0 Å². The molecule has 0 aliphatic rings. The van der Waals surface area contributed by atoms with E-state index < -0.39 is 0 Å². The lowest BCUT2D eigenvalue weighted by atomic mass is 10.1. The number of methoxy groups -OCH3 is 1. The van der Waals surface area contributed by atoms with Crippen LogP contribution in [0.5, 0.6) is 5.75 Å². The zero-order valence-electron chi connectivity index (χ0n) is 12.3. The van der Waals surface area contributed by atoms with Gasteiger partial charge >= 0.3 is 0 Å². The maximum atomic E-state index is 5.94. The van der Waals surface area contributed by atoms with Crippen LogP contribution in [0.25, 0.3) is 0 Å². The minimum Gasteiger partial charge on any atom is -0.497 e. The van der Waals surface area contributed by atoms with Crippen molar-refractivity contribution in [3.63, 3.8) is 0 Å². The van der Waals surface area contributed by atoms with Gasteiger partial charge in [0.2, 0.25) is 0 Å². The second-order valence-corrected chi connectivity index (χ2v) is 4.35. The Kier molecular flexibility index (Phi) is 7.48. The predicted octanol–water partition coefficient (Wildman–Crippen LogP) is 2.05. The molecule has 0 spiro atoms. The van der Waals surface area contributed by atoms with Gasteiger partial charge in [-0.1, -0.05) is 19.1 Å². The lowest BCUT2D eigenvalue weighted by Crippen LogP contribution is -2.36. The Morgan fingerprint density at radius 3 is 2.37 bits per heavy atom. The first kappa shape index (κ1) is 16.0. The maximum Gasteiger partial charge on any atom is 0.118 e. The smallest absolute Gasteiger partial charge is 0.118 e. The average molecular weight is 266 g/mol. The van der Waals surface area contributed by atoms with Crippen LogP contribution in [0.15, 0.2) is 24.3 Å². The standard InChI is InChI=1S/C15H26N2O2/c1-4-17(10-11-19-5-2)15(12-16)13-6-8-14(18-3)9-7-13/h6-9,15H,4-5,10-12,16H2,1-3H3. The molecule has 0 amide bonds. The van der Waals surface area contributed by atoms with E-state index >= 15 is 0 Å². The summed E-state index contributed by atoms with van der Waals surface area (Å²) in [5.74, 6) is 0.872. The highest BCUT2D eigenvalue weighted by atomic mass is 16.5. The van der Waals surface area contributed by atoms with Gasteiger partial charge in [-0.3, -0.25) is 4.90 Å². The summed E-state index contributed by atoms with van der Waals surface area (Å²) < 4.78 is 10.6. The topological polar surface area (TPSA) is 47.7 Å². The Morgan fingerprint density at radius 2 is 1.89 bits per heavy atom. The molecule has 0 aliphatic carbocycles. The number of likely N-dealkylation sites (N-methyl/N-ethyl adjacent to an activating group) is 1. The van der Waals surface area contributed by atoms with Gasteiger partial charge in [0.1, 0.15) is 5.75 Å². The molecule has 1 aromatic rings. The third-order valence-electron chi connectivity index (χ3n) is 3.30. The van der Waals surface area contributed by atoms with E-state index in [0.29, 0.717) is 6.54 Å². The monoisotopic (exact) mass is 266 g/mol. The molecule has 1 aromatic carbocycles. The maximum absolute atomic E-state index is 5.94. The lowest BCUT2D eigenvalue weighted by Gasteiger charge is -2.30. The van der Waals surface area contributed by atoms with Crippen LogP contribution in [0.1, 0.15) is 25.5 Å². The number of nitrogens with zero attached hydrogens (tertiary/aromatic N) is 1. The van der Waals surface area contributed by atoms with E-state index in [1.54, 1.807) is 7.11 Å². The van der Waals surface area contributed by atoms with Crippen LogP contribution in [-0.2, 0) is 4.74 Å². The van der Waals surface area contributed by atoms with Crippen LogP contribution < -0.4 is 10.5 Å². The fourth-order valence-corrected chi connectivity index (χ4v) is 2.18. The summed E-state index contributed by atoms with van der Waals surface area (Å²) in [5.41, 5.74) is 7.17. The number of ether oxygens (including phenoxy) is 2. The number of benzene rings is 1. The van der Waals surface area contributed by atoms with Gasteiger partial charge in [-0.05, 0) is 31.2 Å². The molecule has 0 saturated carbocycles. The van der Waals surface area contributed by atoms with E-state index in [1.807, 2.05) is 19.1 Å². The minimum absolute atomic E-state index is 0.233. The van der Waals surface area contributed by atoms with Gasteiger partial charge in [0.15, 0.2) is 0 Å². The van der Waals surface area contributed by atoms with Gasteiger partial charge in [-0.15, -0.1) is 0 Å². The zero-order chi connectivity index (χ0) is 14.1. The van der Waals surface area contributed by atoms with Crippen molar-refractivity contribution in [2.45, 2.75) is 19.9 Å². The SMILES string of the molecule is CCOCCN(CC)C(CN)c1ccc(OC)cc1. The summed E-state index contributed by atoms with van der Waals surface area (Å²) in [6.45, 7) is 8.13. The summed E-state index contributed by atoms with van der Waals surface area (Å²) in [4.78, 5) is 2.34. The third kappa shape index (κ3) is 4.82. The molecule has 0 fully saturated rings. The first-order chi connectivity index (χ1) is 9.26. The molecule has 0 bridgehead atoms. The first-order valence-corrected chi connectivity index (χ1v) is 6.92. The first-order valence-electron chi connectivity index (χ1n) is 6.92. The number of nitrogens with two attached hydrogens (primary N) is 1. The number of hydrogen-bond acceptors (Lipinski definition) is 4. The Balaban J connectivity index is 2.71. The van der Waals surface area contributed by atoms with E-state index in [-0.39, 0.29) is 6.04 Å². The van der Waals surface area contributed by atoms with Crippen molar-refractivity contribution in [1.29, 1.82) is 0 Å². The van der Waals surface area contributed by atoms with Gasteiger partial charge in [-0.2, -0.15) is 0 Å². The van der Waals surface area contributed by atoms with Crippen LogP contribution >= 0.6 is 0 Å².